The summed E-state index contributed by atoms with van der Waals surface area (Å²) in [6.07, 6.45) is 3.07. The van der Waals surface area contributed by atoms with Gasteiger partial charge in [0.15, 0.2) is 0 Å². The molecule has 0 saturated heterocycles. The first-order valence-electron chi connectivity index (χ1n) is 7.75. The largest absolute Gasteiger partial charge is 0.353 e. The van der Waals surface area contributed by atoms with Crippen molar-refractivity contribution in [3.63, 3.8) is 0 Å². The third-order valence-electron chi connectivity index (χ3n) is 3.59. The summed E-state index contributed by atoms with van der Waals surface area (Å²) >= 11 is 0. The molecule has 0 aliphatic rings. The normalized spacial score (nSPS) is 10.8. The Morgan fingerprint density at radius 2 is 2.10 bits per heavy atom. The van der Waals surface area contributed by atoms with E-state index in [1.807, 2.05) is 12.1 Å². The smallest absolute Gasteiger partial charge is 0.129 e. The minimum Gasteiger partial charge on any atom is -0.353 e. The van der Waals surface area contributed by atoms with Gasteiger partial charge < -0.3 is 10.2 Å². The van der Waals surface area contributed by atoms with Crippen LogP contribution in [0.25, 0.3) is 10.9 Å². The van der Waals surface area contributed by atoms with Crippen LogP contribution in [0.3, 0.4) is 0 Å². The molecule has 112 valence electrons. The predicted molar refractivity (Wildman–Crippen MR) is 91.8 cm³/mol. The first kappa shape index (κ1) is 15.5. The first-order valence-corrected chi connectivity index (χ1v) is 7.75. The van der Waals surface area contributed by atoms with E-state index in [0.29, 0.717) is 0 Å². The van der Waals surface area contributed by atoms with Gasteiger partial charge in [0.05, 0.1) is 5.52 Å². The molecule has 0 fully saturated rings. The molecule has 3 heteroatoms. The van der Waals surface area contributed by atoms with Crippen LogP contribution in [0.5, 0.6) is 0 Å². The van der Waals surface area contributed by atoms with Gasteiger partial charge in [-0.05, 0) is 37.6 Å². The van der Waals surface area contributed by atoms with Crippen molar-refractivity contribution in [3.05, 3.63) is 48.6 Å². The second kappa shape index (κ2) is 7.79. The SMILES string of the molecule is C=CCN(CC)c1cc(CNCCC)c2ccccc2n1. The van der Waals surface area contributed by atoms with Crippen molar-refractivity contribution in [2.75, 3.05) is 24.5 Å². The first-order chi connectivity index (χ1) is 10.3. The van der Waals surface area contributed by atoms with Crippen LogP contribution >= 0.6 is 0 Å². The summed E-state index contributed by atoms with van der Waals surface area (Å²) in [7, 11) is 0. The van der Waals surface area contributed by atoms with Crippen molar-refractivity contribution in [2.45, 2.75) is 26.8 Å². The molecule has 1 heterocycles. The lowest BCUT2D eigenvalue weighted by molar-refractivity contribution is 0.677. The topological polar surface area (TPSA) is 28.2 Å². The highest BCUT2D eigenvalue weighted by molar-refractivity contribution is 5.84. The van der Waals surface area contributed by atoms with Gasteiger partial charge >= 0.3 is 0 Å². The molecule has 0 spiro atoms. The second-order valence-corrected chi connectivity index (χ2v) is 5.16. The zero-order valence-electron chi connectivity index (χ0n) is 13.1. The Kier molecular flexibility index (Phi) is 5.76. The molecular weight excluding hydrogens is 258 g/mol. The Morgan fingerprint density at radius 1 is 1.29 bits per heavy atom. The minimum absolute atomic E-state index is 0.823. The Hall–Kier alpha value is -1.87. The van der Waals surface area contributed by atoms with E-state index in [4.69, 9.17) is 4.98 Å². The van der Waals surface area contributed by atoms with Gasteiger partial charge in [-0.3, -0.25) is 0 Å². The van der Waals surface area contributed by atoms with E-state index in [-0.39, 0.29) is 0 Å². The Morgan fingerprint density at radius 3 is 2.81 bits per heavy atom. The van der Waals surface area contributed by atoms with Gasteiger partial charge in [0, 0.05) is 25.0 Å². The molecule has 0 bridgehead atoms. The van der Waals surface area contributed by atoms with Crippen LogP contribution < -0.4 is 10.2 Å². The molecule has 0 radical (unpaired) electrons. The number of likely N-dealkylation sites (N-methyl/N-ethyl adjacent to an activating group) is 1. The van der Waals surface area contributed by atoms with Crippen molar-refractivity contribution in [1.29, 1.82) is 0 Å². The minimum atomic E-state index is 0.823. The molecule has 2 aromatic rings. The number of anilines is 1. The zero-order chi connectivity index (χ0) is 15.1. The molecule has 0 aliphatic carbocycles. The zero-order valence-corrected chi connectivity index (χ0v) is 13.1. The number of aromatic nitrogens is 1. The average Bonchev–Trinajstić information content (AvgIpc) is 2.52. The van der Waals surface area contributed by atoms with Gasteiger partial charge in [-0.25, -0.2) is 4.98 Å². The number of nitrogens with zero attached hydrogens (tertiary/aromatic N) is 2. The summed E-state index contributed by atoms with van der Waals surface area (Å²) in [4.78, 5) is 7.04. The molecule has 1 aromatic carbocycles. The molecule has 0 saturated carbocycles. The van der Waals surface area contributed by atoms with Crippen LogP contribution in [0, 0.1) is 0 Å². The van der Waals surface area contributed by atoms with Crippen molar-refractivity contribution in [2.24, 2.45) is 0 Å². The fraction of sp³-hybridized carbons (Fsp3) is 0.389. The fourth-order valence-electron chi connectivity index (χ4n) is 2.48. The van der Waals surface area contributed by atoms with Crippen LogP contribution in [-0.2, 0) is 6.54 Å². The van der Waals surface area contributed by atoms with Crippen LogP contribution in [0.15, 0.2) is 43.0 Å². The highest BCUT2D eigenvalue weighted by Gasteiger charge is 2.09. The fourth-order valence-corrected chi connectivity index (χ4v) is 2.48. The molecule has 0 unspecified atom stereocenters. The van der Waals surface area contributed by atoms with E-state index < -0.39 is 0 Å². The number of hydrogen-bond donors (Lipinski definition) is 1. The standard InChI is InChI=1S/C18H25N3/c1-4-11-19-14-15-13-18(21(6-3)12-5-2)20-17-10-8-7-9-16(15)17/h5,7-10,13,19H,2,4,6,11-12,14H2,1,3H3. The van der Waals surface area contributed by atoms with E-state index in [0.717, 1.165) is 43.9 Å². The molecule has 0 atom stereocenters. The van der Waals surface area contributed by atoms with E-state index in [2.05, 4.69) is 54.9 Å². The number of benzene rings is 1. The molecular formula is C18H25N3. The van der Waals surface area contributed by atoms with E-state index in [1.165, 1.54) is 10.9 Å². The monoisotopic (exact) mass is 283 g/mol. The van der Waals surface area contributed by atoms with Crippen LogP contribution in [0.1, 0.15) is 25.8 Å². The van der Waals surface area contributed by atoms with Crippen molar-refractivity contribution >= 4 is 16.7 Å². The molecule has 3 nitrogen and oxygen atoms in total. The third-order valence-corrected chi connectivity index (χ3v) is 3.59. The number of para-hydroxylation sites is 1. The van der Waals surface area contributed by atoms with E-state index in [9.17, 15) is 0 Å². The summed E-state index contributed by atoms with van der Waals surface area (Å²) in [5.74, 6) is 1.03. The van der Waals surface area contributed by atoms with Crippen LogP contribution in [0.2, 0.25) is 0 Å². The summed E-state index contributed by atoms with van der Waals surface area (Å²) in [6.45, 7) is 11.8. The van der Waals surface area contributed by atoms with Crippen LogP contribution in [-0.4, -0.2) is 24.6 Å². The summed E-state index contributed by atoms with van der Waals surface area (Å²) in [5, 5.41) is 4.73. The number of fused-ring (bicyclic) bond motifs is 1. The maximum absolute atomic E-state index is 4.80. The highest BCUT2D eigenvalue weighted by Crippen LogP contribution is 2.23. The number of pyridine rings is 1. The molecule has 21 heavy (non-hydrogen) atoms. The third kappa shape index (κ3) is 3.82. The lowest BCUT2D eigenvalue weighted by atomic mass is 10.1. The van der Waals surface area contributed by atoms with Gasteiger partial charge in [0.25, 0.3) is 0 Å². The Balaban J connectivity index is 2.40. The quantitative estimate of drug-likeness (QED) is 0.591. The lowest BCUT2D eigenvalue weighted by Crippen LogP contribution is -2.24. The maximum atomic E-state index is 4.80. The van der Waals surface area contributed by atoms with Gasteiger partial charge in [-0.15, -0.1) is 6.58 Å². The van der Waals surface area contributed by atoms with E-state index in [1.54, 1.807) is 0 Å². The van der Waals surface area contributed by atoms with Gasteiger partial charge in [-0.2, -0.15) is 0 Å². The van der Waals surface area contributed by atoms with Gasteiger partial charge in [0.1, 0.15) is 5.82 Å². The molecule has 2 rings (SSSR count). The lowest BCUT2D eigenvalue weighted by Gasteiger charge is -2.22. The number of rotatable bonds is 8. The van der Waals surface area contributed by atoms with Crippen molar-refractivity contribution < 1.29 is 0 Å². The Labute approximate surface area is 127 Å². The summed E-state index contributed by atoms with van der Waals surface area (Å²) < 4.78 is 0. The van der Waals surface area contributed by atoms with Crippen molar-refractivity contribution in [1.82, 2.24) is 10.3 Å². The molecule has 1 N–H and O–H groups in total. The van der Waals surface area contributed by atoms with Crippen molar-refractivity contribution in [3.8, 4) is 0 Å². The predicted octanol–water partition coefficient (Wildman–Crippen LogP) is 3.75. The molecule has 1 aromatic heterocycles. The number of nitrogens with one attached hydrogen (secondary N) is 1. The van der Waals surface area contributed by atoms with Gasteiger partial charge in [-0.1, -0.05) is 31.2 Å². The number of hydrogen-bond acceptors (Lipinski definition) is 3. The molecule has 0 aliphatic heterocycles. The summed E-state index contributed by atoms with van der Waals surface area (Å²) in [6, 6.07) is 10.6. The van der Waals surface area contributed by atoms with Gasteiger partial charge in [0.2, 0.25) is 0 Å². The summed E-state index contributed by atoms with van der Waals surface area (Å²) in [5.41, 5.74) is 2.37. The Bertz CT molecular complexity index is 592. The molecule has 0 amide bonds. The second-order valence-electron chi connectivity index (χ2n) is 5.16. The maximum Gasteiger partial charge on any atom is 0.129 e. The van der Waals surface area contributed by atoms with Crippen LogP contribution in [0.4, 0.5) is 5.82 Å². The average molecular weight is 283 g/mol. The van der Waals surface area contributed by atoms with E-state index >= 15 is 0 Å². The highest BCUT2D eigenvalue weighted by atomic mass is 15.2.